The predicted octanol–water partition coefficient (Wildman–Crippen LogP) is 4.89. The van der Waals surface area contributed by atoms with Crippen LogP contribution < -0.4 is 0 Å². The van der Waals surface area contributed by atoms with Crippen molar-refractivity contribution >= 4 is 14.0 Å². The van der Waals surface area contributed by atoms with Gasteiger partial charge in [0.05, 0.1) is 14.7 Å². The molecule has 0 aliphatic rings. The summed E-state index contributed by atoms with van der Waals surface area (Å²) in [6.45, 7) is 17.4. The van der Waals surface area contributed by atoms with E-state index in [9.17, 15) is 4.79 Å². The molecule has 0 heterocycles. The summed E-state index contributed by atoms with van der Waals surface area (Å²) in [5.74, 6) is -0.295. The fourth-order valence-electron chi connectivity index (χ4n) is 2.36. The van der Waals surface area contributed by atoms with Crippen LogP contribution in [0.5, 0.6) is 0 Å². The van der Waals surface area contributed by atoms with Crippen molar-refractivity contribution in [3.63, 3.8) is 0 Å². The minimum absolute atomic E-state index is 0.295. The van der Waals surface area contributed by atoms with Gasteiger partial charge in [0, 0.05) is 5.57 Å². The Bertz CT molecular complexity index is 331. The summed E-state index contributed by atoms with van der Waals surface area (Å²) < 4.78 is 5.11. The number of hydrogen-bond donors (Lipinski definition) is 0. The van der Waals surface area contributed by atoms with E-state index in [0.717, 1.165) is 31.0 Å². The molecule has 0 spiro atoms. The molecule has 0 aromatic carbocycles. The molecule has 0 atom stereocenters. The van der Waals surface area contributed by atoms with Crippen molar-refractivity contribution in [1.29, 1.82) is 0 Å². The Morgan fingerprint density at radius 3 is 1.95 bits per heavy atom. The molecule has 0 N–H and O–H groups in total. The highest BCUT2D eigenvalue weighted by molar-refractivity contribution is 6.81. The van der Waals surface area contributed by atoms with Gasteiger partial charge in [0.15, 0.2) is 0 Å². The van der Waals surface area contributed by atoms with E-state index in [4.69, 9.17) is 4.74 Å². The standard InChI is InChI=1S/C17H28O2Si/c1-6-12-20(13-7-2,14-8-3)15-10-9-11-19-17(18)16(4)5/h6-8H,1-4,9-15H2,5H3. The van der Waals surface area contributed by atoms with Crippen molar-refractivity contribution in [2.75, 3.05) is 6.61 Å². The molecule has 0 aliphatic carbocycles. The largest absolute Gasteiger partial charge is 0.462 e. The van der Waals surface area contributed by atoms with E-state index in [0.29, 0.717) is 12.2 Å². The second-order valence-corrected chi connectivity index (χ2v) is 10.1. The van der Waals surface area contributed by atoms with Gasteiger partial charge in [-0.25, -0.2) is 4.79 Å². The molecule has 0 unspecified atom stereocenters. The van der Waals surface area contributed by atoms with Crippen LogP contribution >= 0.6 is 0 Å². The summed E-state index contributed by atoms with van der Waals surface area (Å²) in [6.07, 6.45) is 8.06. The van der Waals surface area contributed by atoms with Crippen molar-refractivity contribution in [3.05, 3.63) is 50.1 Å². The number of carbonyl (C=O) groups is 1. The monoisotopic (exact) mass is 292 g/mol. The molecule has 0 saturated heterocycles. The van der Waals surface area contributed by atoms with E-state index in [1.807, 2.05) is 18.2 Å². The lowest BCUT2D eigenvalue weighted by molar-refractivity contribution is -0.139. The molecule has 0 aromatic rings. The van der Waals surface area contributed by atoms with Gasteiger partial charge in [-0.1, -0.05) is 37.3 Å². The molecule has 0 bridgehead atoms. The lowest BCUT2D eigenvalue weighted by atomic mass is 10.3. The average molecular weight is 292 g/mol. The normalized spacial score (nSPS) is 10.7. The number of unbranched alkanes of at least 4 members (excludes halogenated alkanes) is 1. The van der Waals surface area contributed by atoms with Crippen LogP contribution in [0, 0.1) is 0 Å². The fourth-order valence-corrected chi connectivity index (χ4v) is 6.31. The van der Waals surface area contributed by atoms with Gasteiger partial charge < -0.3 is 4.74 Å². The smallest absolute Gasteiger partial charge is 0.333 e. The van der Waals surface area contributed by atoms with Crippen LogP contribution in [0.1, 0.15) is 19.8 Å². The topological polar surface area (TPSA) is 26.3 Å². The third kappa shape index (κ3) is 7.29. The van der Waals surface area contributed by atoms with Crippen LogP contribution in [0.4, 0.5) is 0 Å². The number of rotatable bonds is 12. The maximum atomic E-state index is 11.3. The first kappa shape index (κ1) is 18.6. The predicted molar refractivity (Wildman–Crippen MR) is 90.6 cm³/mol. The van der Waals surface area contributed by atoms with Crippen molar-refractivity contribution < 1.29 is 9.53 Å². The van der Waals surface area contributed by atoms with Gasteiger partial charge in [0.1, 0.15) is 0 Å². The van der Waals surface area contributed by atoms with Gasteiger partial charge in [-0.15, -0.1) is 19.7 Å². The zero-order chi connectivity index (χ0) is 15.4. The van der Waals surface area contributed by atoms with Crippen LogP contribution in [0.15, 0.2) is 50.1 Å². The lowest BCUT2D eigenvalue weighted by Gasteiger charge is -2.28. The van der Waals surface area contributed by atoms with E-state index in [2.05, 4.69) is 26.3 Å². The maximum absolute atomic E-state index is 11.3. The summed E-state index contributed by atoms with van der Waals surface area (Å²) in [6, 6.07) is 4.48. The number of ether oxygens (including phenoxy) is 1. The highest BCUT2D eigenvalue weighted by Crippen LogP contribution is 2.29. The number of esters is 1. The quantitative estimate of drug-likeness (QED) is 0.168. The molecule has 0 saturated carbocycles. The van der Waals surface area contributed by atoms with Gasteiger partial charge in [-0.05, 0) is 31.5 Å². The van der Waals surface area contributed by atoms with Crippen LogP contribution in [0.25, 0.3) is 0 Å². The Balaban J connectivity index is 4.22. The van der Waals surface area contributed by atoms with Crippen molar-refractivity contribution in [3.8, 4) is 0 Å². The highest BCUT2D eigenvalue weighted by atomic mass is 28.3. The Labute approximate surface area is 124 Å². The highest BCUT2D eigenvalue weighted by Gasteiger charge is 2.27. The van der Waals surface area contributed by atoms with Crippen molar-refractivity contribution in [1.82, 2.24) is 0 Å². The van der Waals surface area contributed by atoms with E-state index in [-0.39, 0.29) is 5.97 Å². The molecular formula is C17H28O2Si. The first-order valence-electron chi connectivity index (χ1n) is 7.16. The SMILES string of the molecule is C=CC[Si](CC=C)(CC=C)CCCCOC(=O)C(=C)C. The first-order chi connectivity index (χ1) is 9.51. The van der Waals surface area contributed by atoms with E-state index >= 15 is 0 Å². The molecule has 0 fully saturated rings. The van der Waals surface area contributed by atoms with Gasteiger partial charge in [-0.3, -0.25) is 0 Å². The zero-order valence-corrected chi connectivity index (χ0v) is 13.8. The Morgan fingerprint density at radius 1 is 1.05 bits per heavy atom. The third-order valence-electron chi connectivity index (χ3n) is 3.42. The lowest BCUT2D eigenvalue weighted by Crippen LogP contribution is -2.31. The van der Waals surface area contributed by atoms with Crippen LogP contribution in [0.2, 0.25) is 24.2 Å². The van der Waals surface area contributed by atoms with Gasteiger partial charge >= 0.3 is 5.97 Å². The minimum Gasteiger partial charge on any atom is -0.462 e. The summed E-state index contributed by atoms with van der Waals surface area (Å²) in [5, 5.41) is 0. The fraction of sp³-hybridized carbons (Fsp3) is 0.471. The van der Waals surface area contributed by atoms with Crippen LogP contribution in [0.3, 0.4) is 0 Å². The minimum atomic E-state index is -1.41. The van der Waals surface area contributed by atoms with E-state index in [1.54, 1.807) is 6.92 Å². The molecule has 3 heteroatoms. The molecule has 112 valence electrons. The molecule has 0 rings (SSSR count). The van der Waals surface area contributed by atoms with Gasteiger partial charge in [0.25, 0.3) is 0 Å². The zero-order valence-electron chi connectivity index (χ0n) is 12.8. The molecule has 0 amide bonds. The number of carbonyl (C=O) groups excluding carboxylic acids is 1. The van der Waals surface area contributed by atoms with E-state index in [1.165, 1.54) is 6.04 Å². The number of hydrogen-bond acceptors (Lipinski definition) is 2. The Morgan fingerprint density at radius 2 is 1.55 bits per heavy atom. The second kappa shape index (κ2) is 10.4. The Kier molecular flexibility index (Phi) is 9.73. The Hall–Kier alpha value is -1.35. The summed E-state index contributed by atoms with van der Waals surface area (Å²) in [7, 11) is -1.41. The molecule has 2 nitrogen and oxygen atoms in total. The first-order valence-corrected chi connectivity index (χ1v) is 9.99. The molecule has 0 aliphatic heterocycles. The summed E-state index contributed by atoms with van der Waals surface area (Å²) in [4.78, 5) is 11.3. The van der Waals surface area contributed by atoms with Crippen LogP contribution in [-0.4, -0.2) is 20.7 Å². The molecular weight excluding hydrogens is 264 g/mol. The van der Waals surface area contributed by atoms with Crippen molar-refractivity contribution in [2.24, 2.45) is 0 Å². The van der Waals surface area contributed by atoms with Crippen molar-refractivity contribution in [2.45, 2.75) is 43.9 Å². The molecule has 0 aromatic heterocycles. The van der Waals surface area contributed by atoms with E-state index < -0.39 is 8.07 Å². The maximum Gasteiger partial charge on any atom is 0.333 e. The third-order valence-corrected chi connectivity index (χ3v) is 8.29. The van der Waals surface area contributed by atoms with Gasteiger partial charge in [0.2, 0.25) is 0 Å². The summed E-state index contributed by atoms with van der Waals surface area (Å²) >= 11 is 0. The number of allylic oxidation sites excluding steroid dienone is 3. The average Bonchev–Trinajstić information content (AvgIpc) is 2.39. The van der Waals surface area contributed by atoms with Crippen LogP contribution in [-0.2, 0) is 9.53 Å². The molecule has 0 radical (unpaired) electrons. The summed E-state index contributed by atoms with van der Waals surface area (Å²) in [5.41, 5.74) is 0.457. The second-order valence-electron chi connectivity index (χ2n) is 5.35. The molecule has 20 heavy (non-hydrogen) atoms. The van der Waals surface area contributed by atoms with Gasteiger partial charge in [-0.2, -0.15) is 0 Å².